The monoisotopic (exact) mass is 751 g/mol. The molecule has 11 rings (SSSR count). The topological polar surface area (TPSA) is 25.5 Å². The molecule has 0 aliphatic heterocycles. The van der Waals surface area contributed by atoms with Gasteiger partial charge < -0.3 is 4.42 Å². The highest BCUT2D eigenvalue weighted by molar-refractivity contribution is 7.25. The Morgan fingerprint density at radius 1 is 0.456 bits per heavy atom. The van der Waals surface area contributed by atoms with Crippen LogP contribution >= 0.6 is 11.3 Å². The van der Waals surface area contributed by atoms with Crippen LogP contribution in [-0.4, -0.2) is 6.72 Å². The SMILES string of the molecule is C=NCc1ccccc1.Cc1ccc2sc3ccccc3c2c1.Cc1cccc(-c2cccc3oc4ccc(-c5ccc6ccc7ccccc7c6c5)cc4c23)c1. The van der Waals surface area contributed by atoms with E-state index in [-0.39, 0.29) is 0 Å². The van der Waals surface area contributed by atoms with E-state index in [0.717, 1.165) is 23.1 Å². The van der Waals surface area contributed by atoms with Crippen LogP contribution < -0.4 is 0 Å². The lowest BCUT2D eigenvalue weighted by Crippen LogP contribution is -1.83. The molecule has 0 atom stereocenters. The Morgan fingerprint density at radius 2 is 1.12 bits per heavy atom. The molecule has 9 aromatic carbocycles. The maximum absolute atomic E-state index is 6.26. The molecule has 0 amide bonds. The molecule has 2 aromatic heterocycles. The molecule has 3 heteroatoms. The van der Waals surface area contributed by atoms with Crippen molar-refractivity contribution in [3.63, 3.8) is 0 Å². The van der Waals surface area contributed by atoms with Crippen LogP contribution in [0.15, 0.2) is 197 Å². The number of thiophene rings is 1. The van der Waals surface area contributed by atoms with E-state index in [0.29, 0.717) is 0 Å². The van der Waals surface area contributed by atoms with Gasteiger partial charge in [0.05, 0.1) is 6.54 Å². The molecular formula is C54H41NOS. The molecule has 2 heterocycles. The molecule has 0 unspecified atom stereocenters. The third kappa shape index (κ3) is 7.34. The van der Waals surface area contributed by atoms with Gasteiger partial charge in [0, 0.05) is 30.9 Å². The maximum atomic E-state index is 6.26. The highest BCUT2D eigenvalue weighted by atomic mass is 32.1. The molecule has 0 radical (unpaired) electrons. The Bertz CT molecular complexity index is 3210. The molecule has 0 fully saturated rings. The van der Waals surface area contributed by atoms with Crippen LogP contribution in [0.3, 0.4) is 0 Å². The Balaban J connectivity index is 0.000000149. The van der Waals surface area contributed by atoms with Crippen molar-refractivity contribution in [3.8, 4) is 22.3 Å². The second-order valence-corrected chi connectivity index (χ2v) is 15.6. The summed E-state index contributed by atoms with van der Waals surface area (Å²) in [6.45, 7) is 8.41. The fraction of sp³-hybridized carbons (Fsp3) is 0.0556. The first-order valence-corrected chi connectivity index (χ1v) is 20.1. The number of nitrogens with zero attached hydrogens (tertiary/aromatic N) is 1. The fourth-order valence-electron chi connectivity index (χ4n) is 7.79. The highest BCUT2D eigenvalue weighted by Crippen LogP contribution is 2.39. The number of benzene rings is 9. The highest BCUT2D eigenvalue weighted by Gasteiger charge is 2.14. The van der Waals surface area contributed by atoms with Crippen LogP contribution in [0.2, 0.25) is 0 Å². The quantitative estimate of drug-likeness (QED) is 0.130. The minimum Gasteiger partial charge on any atom is -0.456 e. The second kappa shape index (κ2) is 15.7. The first-order chi connectivity index (χ1) is 28.0. The van der Waals surface area contributed by atoms with E-state index in [2.05, 4.69) is 183 Å². The lowest BCUT2D eigenvalue weighted by molar-refractivity contribution is 0.669. The molecular weight excluding hydrogens is 711 g/mol. The first-order valence-electron chi connectivity index (χ1n) is 19.3. The molecule has 0 N–H and O–H groups in total. The van der Waals surface area contributed by atoms with Gasteiger partial charge in [-0.2, -0.15) is 0 Å². The smallest absolute Gasteiger partial charge is 0.136 e. The molecule has 274 valence electrons. The van der Waals surface area contributed by atoms with E-state index in [1.54, 1.807) is 0 Å². The van der Waals surface area contributed by atoms with Gasteiger partial charge in [0.2, 0.25) is 0 Å². The fourth-order valence-corrected chi connectivity index (χ4v) is 8.88. The van der Waals surface area contributed by atoms with E-state index < -0.39 is 0 Å². The van der Waals surface area contributed by atoms with Gasteiger partial charge in [0.1, 0.15) is 11.2 Å². The van der Waals surface area contributed by atoms with Crippen molar-refractivity contribution in [2.75, 3.05) is 0 Å². The summed E-state index contributed by atoms with van der Waals surface area (Å²) in [5, 5.41) is 10.2. The normalized spacial score (nSPS) is 11.1. The van der Waals surface area contributed by atoms with Crippen molar-refractivity contribution < 1.29 is 4.42 Å². The first kappa shape index (κ1) is 35.9. The third-order valence-electron chi connectivity index (χ3n) is 10.6. The van der Waals surface area contributed by atoms with E-state index in [1.807, 2.05) is 41.7 Å². The van der Waals surface area contributed by atoms with Crippen molar-refractivity contribution in [3.05, 3.63) is 205 Å². The van der Waals surface area contributed by atoms with Crippen molar-refractivity contribution in [1.29, 1.82) is 0 Å². The molecule has 0 saturated heterocycles. The molecule has 0 spiro atoms. The van der Waals surface area contributed by atoms with Gasteiger partial charge >= 0.3 is 0 Å². The molecule has 11 aromatic rings. The van der Waals surface area contributed by atoms with Crippen LogP contribution in [0.5, 0.6) is 0 Å². The lowest BCUT2D eigenvalue weighted by atomic mass is 9.95. The van der Waals surface area contributed by atoms with Gasteiger partial charge in [-0.15, -0.1) is 11.3 Å². The number of hydrogen-bond acceptors (Lipinski definition) is 3. The molecule has 0 aliphatic carbocycles. The van der Waals surface area contributed by atoms with Crippen LogP contribution in [0, 0.1) is 13.8 Å². The standard InChI is InChI=1S/C33H22O.C13H10S.C8H9N/c1-21-6-4-8-26(18-21)28-10-5-11-32-33(28)30-20-25(16-17-31(30)34-32)24-15-14-23-13-12-22-7-2-3-9-27(22)29(23)19-24;1-9-6-7-13-11(8-9)10-4-2-3-5-12(10)14-13;1-9-7-8-5-3-2-4-6-8/h2-20H,1H3;2-8H,1H3;2-6H,1,7H2. The van der Waals surface area contributed by atoms with Crippen LogP contribution in [-0.2, 0) is 6.54 Å². The lowest BCUT2D eigenvalue weighted by Gasteiger charge is -2.08. The molecule has 2 nitrogen and oxygen atoms in total. The number of furan rings is 1. The average Bonchev–Trinajstić information content (AvgIpc) is 3.82. The predicted molar refractivity (Wildman–Crippen MR) is 248 cm³/mol. The zero-order valence-corrected chi connectivity index (χ0v) is 32.9. The van der Waals surface area contributed by atoms with Crippen molar-refractivity contribution in [1.82, 2.24) is 0 Å². The number of fused-ring (bicyclic) bond motifs is 9. The summed E-state index contributed by atoms with van der Waals surface area (Å²) in [5.74, 6) is 0. The van der Waals surface area contributed by atoms with E-state index in [1.165, 1.54) is 86.0 Å². The number of aliphatic imine (C=N–C) groups is 1. The molecule has 0 saturated carbocycles. The summed E-state index contributed by atoms with van der Waals surface area (Å²) in [6, 6.07) is 66.7. The van der Waals surface area contributed by atoms with Gasteiger partial charge in [-0.1, -0.05) is 157 Å². The Morgan fingerprint density at radius 3 is 1.95 bits per heavy atom. The van der Waals surface area contributed by atoms with Gasteiger partial charge in [-0.3, -0.25) is 4.99 Å². The Kier molecular flexibility index (Phi) is 9.90. The van der Waals surface area contributed by atoms with Crippen LogP contribution in [0.1, 0.15) is 16.7 Å². The molecule has 57 heavy (non-hydrogen) atoms. The summed E-state index contributed by atoms with van der Waals surface area (Å²) >= 11 is 1.87. The average molecular weight is 752 g/mol. The second-order valence-electron chi connectivity index (χ2n) is 14.5. The summed E-state index contributed by atoms with van der Waals surface area (Å²) in [5.41, 5.74) is 10.5. The van der Waals surface area contributed by atoms with Crippen molar-refractivity contribution in [2.24, 2.45) is 4.99 Å². The number of rotatable bonds is 4. The van der Waals surface area contributed by atoms with Gasteiger partial charge in [-0.25, -0.2) is 0 Å². The van der Waals surface area contributed by atoms with E-state index in [9.17, 15) is 0 Å². The zero-order valence-electron chi connectivity index (χ0n) is 32.1. The zero-order chi connectivity index (χ0) is 38.7. The Labute approximate surface area is 337 Å². The minimum absolute atomic E-state index is 0.723. The Hall–Kier alpha value is -6.81. The van der Waals surface area contributed by atoms with Crippen LogP contribution in [0.25, 0.3) is 85.9 Å². The number of aryl methyl sites for hydroxylation is 2. The van der Waals surface area contributed by atoms with Crippen LogP contribution in [0.4, 0.5) is 0 Å². The van der Waals surface area contributed by atoms with E-state index in [4.69, 9.17) is 4.42 Å². The summed E-state index contributed by atoms with van der Waals surface area (Å²) in [6.07, 6.45) is 0. The third-order valence-corrected chi connectivity index (χ3v) is 11.7. The predicted octanol–water partition coefficient (Wildman–Crippen LogP) is 15.8. The van der Waals surface area contributed by atoms with Gasteiger partial charge in [0.15, 0.2) is 0 Å². The summed E-state index contributed by atoms with van der Waals surface area (Å²) in [4.78, 5) is 3.76. The van der Waals surface area contributed by atoms with Crippen molar-refractivity contribution >= 4 is 81.7 Å². The maximum Gasteiger partial charge on any atom is 0.136 e. The molecule has 0 bridgehead atoms. The summed E-state index contributed by atoms with van der Waals surface area (Å²) < 4.78 is 9.03. The van der Waals surface area contributed by atoms with E-state index >= 15 is 0 Å². The van der Waals surface area contributed by atoms with Gasteiger partial charge in [0.25, 0.3) is 0 Å². The number of hydrogen-bond donors (Lipinski definition) is 0. The van der Waals surface area contributed by atoms with Crippen molar-refractivity contribution in [2.45, 2.75) is 20.4 Å². The van der Waals surface area contributed by atoms with Gasteiger partial charge in [-0.05, 0) is 112 Å². The molecule has 0 aliphatic rings. The summed E-state index contributed by atoms with van der Waals surface area (Å²) in [7, 11) is 0. The largest absolute Gasteiger partial charge is 0.456 e. The minimum atomic E-state index is 0.723.